The van der Waals surface area contributed by atoms with Gasteiger partial charge in [-0.3, -0.25) is 4.98 Å². The summed E-state index contributed by atoms with van der Waals surface area (Å²) in [6, 6.07) is 5.69. The molecule has 2 aromatic heterocycles. The van der Waals surface area contributed by atoms with E-state index in [1.807, 2.05) is 32.3 Å². The van der Waals surface area contributed by atoms with Crippen LogP contribution in [-0.2, 0) is 0 Å². The first-order valence-electron chi connectivity index (χ1n) is 7.61. The van der Waals surface area contributed by atoms with E-state index in [0.717, 1.165) is 29.7 Å². The molecule has 0 amide bonds. The molecule has 0 saturated heterocycles. The third-order valence-electron chi connectivity index (χ3n) is 2.88. The molecule has 0 unspecified atom stereocenters. The molecular formula is C18H24ClN3O. The van der Waals surface area contributed by atoms with Gasteiger partial charge in [-0.05, 0) is 44.3 Å². The standard InChI is InChI=1S/C16H17ClN2O.C2H7N/c1-3-5-8-20-13-10-14(16(17)19-11-13)15-9-12(4-2)6-7-18-15;1-3-2/h4,6-7,9-11H,2-3,5,8H2,1H3;3H,1-2H3. The van der Waals surface area contributed by atoms with Gasteiger partial charge in [-0.2, -0.15) is 0 Å². The first-order valence-corrected chi connectivity index (χ1v) is 7.99. The average Bonchev–Trinajstić information content (AvgIpc) is 2.57. The fourth-order valence-electron chi connectivity index (χ4n) is 1.74. The third-order valence-corrected chi connectivity index (χ3v) is 3.18. The lowest BCUT2D eigenvalue weighted by molar-refractivity contribution is 0.308. The Labute approximate surface area is 143 Å². The number of hydrogen-bond donors (Lipinski definition) is 1. The molecule has 0 atom stereocenters. The molecule has 0 spiro atoms. The molecule has 124 valence electrons. The summed E-state index contributed by atoms with van der Waals surface area (Å²) in [6.45, 7) is 6.56. The van der Waals surface area contributed by atoms with E-state index in [1.165, 1.54) is 0 Å². The highest BCUT2D eigenvalue weighted by Gasteiger charge is 2.08. The highest BCUT2D eigenvalue weighted by atomic mass is 35.5. The average molecular weight is 334 g/mol. The van der Waals surface area contributed by atoms with Crippen LogP contribution in [0.5, 0.6) is 5.75 Å². The van der Waals surface area contributed by atoms with Crippen molar-refractivity contribution in [2.45, 2.75) is 19.8 Å². The van der Waals surface area contributed by atoms with Gasteiger partial charge in [-0.15, -0.1) is 0 Å². The number of unbranched alkanes of at least 4 members (excludes halogenated alkanes) is 1. The molecule has 4 nitrogen and oxygen atoms in total. The van der Waals surface area contributed by atoms with E-state index < -0.39 is 0 Å². The normalized spacial score (nSPS) is 9.74. The third kappa shape index (κ3) is 6.38. The predicted octanol–water partition coefficient (Wildman–Crippen LogP) is 4.45. The summed E-state index contributed by atoms with van der Waals surface area (Å²) >= 11 is 6.16. The Kier molecular flexibility index (Phi) is 8.95. The van der Waals surface area contributed by atoms with Crippen LogP contribution in [-0.4, -0.2) is 30.7 Å². The second-order valence-electron chi connectivity index (χ2n) is 4.89. The molecule has 1 N–H and O–H groups in total. The minimum atomic E-state index is 0.418. The lowest BCUT2D eigenvalue weighted by Gasteiger charge is -2.08. The number of nitrogens with one attached hydrogen (secondary N) is 1. The topological polar surface area (TPSA) is 47.0 Å². The van der Waals surface area contributed by atoms with Gasteiger partial charge in [0.25, 0.3) is 0 Å². The van der Waals surface area contributed by atoms with Crippen molar-refractivity contribution in [3.63, 3.8) is 0 Å². The Morgan fingerprint density at radius 2 is 2.04 bits per heavy atom. The molecule has 0 radical (unpaired) electrons. The zero-order valence-corrected chi connectivity index (χ0v) is 14.7. The molecule has 0 saturated carbocycles. The minimum Gasteiger partial charge on any atom is -0.492 e. The number of rotatable bonds is 6. The van der Waals surface area contributed by atoms with Crippen molar-refractivity contribution < 1.29 is 4.74 Å². The number of ether oxygens (including phenoxy) is 1. The van der Waals surface area contributed by atoms with Gasteiger partial charge in [0.15, 0.2) is 0 Å². The van der Waals surface area contributed by atoms with E-state index in [2.05, 4.69) is 28.8 Å². The summed E-state index contributed by atoms with van der Waals surface area (Å²) in [7, 11) is 3.75. The van der Waals surface area contributed by atoms with E-state index >= 15 is 0 Å². The lowest BCUT2D eigenvalue weighted by Crippen LogP contribution is -1.98. The van der Waals surface area contributed by atoms with Crippen molar-refractivity contribution in [1.82, 2.24) is 15.3 Å². The summed E-state index contributed by atoms with van der Waals surface area (Å²) in [6.07, 6.45) is 7.25. The Morgan fingerprint density at radius 3 is 2.70 bits per heavy atom. The fourth-order valence-corrected chi connectivity index (χ4v) is 1.94. The number of hydrogen-bond acceptors (Lipinski definition) is 4. The van der Waals surface area contributed by atoms with Crippen molar-refractivity contribution in [3.8, 4) is 17.0 Å². The molecule has 2 aromatic rings. The number of pyridine rings is 2. The Bertz CT molecular complexity index is 617. The van der Waals surface area contributed by atoms with Crippen molar-refractivity contribution in [2.75, 3.05) is 20.7 Å². The summed E-state index contributed by atoms with van der Waals surface area (Å²) < 4.78 is 5.65. The maximum absolute atomic E-state index is 6.16. The number of nitrogens with zero attached hydrogens (tertiary/aromatic N) is 2. The first-order chi connectivity index (χ1) is 11.2. The van der Waals surface area contributed by atoms with E-state index in [1.54, 1.807) is 18.5 Å². The van der Waals surface area contributed by atoms with Gasteiger partial charge in [0.05, 0.1) is 18.5 Å². The Hall–Kier alpha value is -1.91. The molecule has 0 bridgehead atoms. The zero-order chi connectivity index (χ0) is 17.1. The van der Waals surface area contributed by atoms with Gasteiger partial charge >= 0.3 is 0 Å². The van der Waals surface area contributed by atoms with Crippen LogP contribution in [0.15, 0.2) is 37.2 Å². The van der Waals surface area contributed by atoms with Crippen molar-refractivity contribution in [3.05, 3.63) is 47.9 Å². The molecule has 0 aliphatic carbocycles. The van der Waals surface area contributed by atoms with Crippen LogP contribution >= 0.6 is 11.6 Å². The summed E-state index contributed by atoms with van der Waals surface area (Å²) in [5.74, 6) is 0.712. The van der Waals surface area contributed by atoms with Crippen molar-refractivity contribution in [1.29, 1.82) is 0 Å². The van der Waals surface area contributed by atoms with Crippen LogP contribution in [0, 0.1) is 0 Å². The molecule has 0 aliphatic rings. The van der Waals surface area contributed by atoms with E-state index in [0.29, 0.717) is 17.5 Å². The van der Waals surface area contributed by atoms with Crippen LogP contribution in [0.25, 0.3) is 17.3 Å². The molecule has 23 heavy (non-hydrogen) atoms. The largest absolute Gasteiger partial charge is 0.492 e. The maximum Gasteiger partial charge on any atom is 0.138 e. The smallest absolute Gasteiger partial charge is 0.138 e. The van der Waals surface area contributed by atoms with Crippen LogP contribution in [0.4, 0.5) is 0 Å². The van der Waals surface area contributed by atoms with Crippen LogP contribution in [0.2, 0.25) is 5.15 Å². The Morgan fingerprint density at radius 1 is 1.30 bits per heavy atom. The lowest BCUT2D eigenvalue weighted by atomic mass is 10.1. The maximum atomic E-state index is 6.16. The van der Waals surface area contributed by atoms with Crippen molar-refractivity contribution in [2.24, 2.45) is 0 Å². The molecule has 0 aliphatic heterocycles. The predicted molar refractivity (Wildman–Crippen MR) is 98.0 cm³/mol. The minimum absolute atomic E-state index is 0.418. The fraction of sp³-hybridized carbons (Fsp3) is 0.333. The summed E-state index contributed by atoms with van der Waals surface area (Å²) in [4.78, 5) is 8.49. The molecule has 0 fully saturated rings. The molecule has 0 aromatic carbocycles. The second-order valence-corrected chi connectivity index (χ2v) is 5.25. The molecule has 2 heterocycles. The van der Waals surface area contributed by atoms with Crippen LogP contribution in [0.1, 0.15) is 25.3 Å². The monoisotopic (exact) mass is 333 g/mol. The summed E-state index contributed by atoms with van der Waals surface area (Å²) in [5, 5.41) is 3.17. The van der Waals surface area contributed by atoms with Gasteiger partial charge in [0, 0.05) is 11.8 Å². The quantitative estimate of drug-likeness (QED) is 0.626. The first kappa shape index (κ1) is 19.1. The highest BCUT2D eigenvalue weighted by Crippen LogP contribution is 2.28. The van der Waals surface area contributed by atoms with Crippen molar-refractivity contribution >= 4 is 17.7 Å². The molecular weight excluding hydrogens is 310 g/mol. The second kappa shape index (κ2) is 10.8. The van der Waals surface area contributed by atoms with Gasteiger partial charge in [-0.25, -0.2) is 4.98 Å². The van der Waals surface area contributed by atoms with Gasteiger partial charge < -0.3 is 10.1 Å². The molecule has 5 heteroatoms. The van der Waals surface area contributed by atoms with Crippen LogP contribution in [0.3, 0.4) is 0 Å². The van der Waals surface area contributed by atoms with E-state index in [-0.39, 0.29) is 0 Å². The highest BCUT2D eigenvalue weighted by molar-refractivity contribution is 6.32. The number of aromatic nitrogens is 2. The molecule has 2 rings (SSSR count). The zero-order valence-electron chi connectivity index (χ0n) is 14.0. The van der Waals surface area contributed by atoms with Gasteiger partial charge in [-0.1, -0.05) is 37.6 Å². The Balaban J connectivity index is 0.000000816. The van der Waals surface area contributed by atoms with E-state index in [9.17, 15) is 0 Å². The van der Waals surface area contributed by atoms with Gasteiger partial charge in [0.2, 0.25) is 0 Å². The summed E-state index contributed by atoms with van der Waals surface area (Å²) in [5.41, 5.74) is 2.52. The number of halogens is 1. The van der Waals surface area contributed by atoms with E-state index in [4.69, 9.17) is 16.3 Å². The SMILES string of the molecule is C=Cc1ccnc(-c2cc(OCCCC)cnc2Cl)c1.CNC. The van der Waals surface area contributed by atoms with Gasteiger partial charge in [0.1, 0.15) is 10.9 Å². The van der Waals surface area contributed by atoms with Crippen LogP contribution < -0.4 is 10.1 Å².